The summed E-state index contributed by atoms with van der Waals surface area (Å²) in [6.07, 6.45) is 1.88. The van der Waals surface area contributed by atoms with Crippen LogP contribution in [-0.4, -0.2) is 28.8 Å². The molecule has 0 fully saturated rings. The van der Waals surface area contributed by atoms with Crippen LogP contribution in [-0.2, 0) is 0 Å². The van der Waals surface area contributed by atoms with Crippen LogP contribution in [0, 0.1) is 0 Å². The fourth-order valence-corrected chi connectivity index (χ4v) is 2.46. The quantitative estimate of drug-likeness (QED) is 0.848. The second kappa shape index (κ2) is 6.39. The number of urea groups is 1. The van der Waals surface area contributed by atoms with Crippen molar-refractivity contribution in [2.45, 2.75) is 5.16 Å². The average Bonchev–Trinajstić information content (AvgIpc) is 2.87. The smallest absolute Gasteiger partial charge is 0.325 e. The highest BCUT2D eigenvalue weighted by atomic mass is 32.2. The lowest BCUT2D eigenvalue weighted by molar-refractivity contribution is 0.262. The lowest BCUT2D eigenvalue weighted by atomic mass is 10.3. The van der Waals surface area contributed by atoms with E-state index in [4.69, 9.17) is 4.74 Å². The molecule has 2 N–H and O–H groups in total. The maximum absolute atomic E-state index is 11.8. The normalized spacial score (nSPS) is 10.0. The van der Waals surface area contributed by atoms with Crippen molar-refractivity contribution in [2.75, 3.05) is 24.0 Å². The molecule has 2 aromatic rings. The summed E-state index contributed by atoms with van der Waals surface area (Å²) in [6, 6.07) is 6.79. The Hall–Kier alpha value is -1.80. The van der Waals surface area contributed by atoms with Crippen LogP contribution >= 0.6 is 23.3 Å². The Balaban J connectivity index is 2.01. The Labute approximate surface area is 118 Å². The van der Waals surface area contributed by atoms with Crippen molar-refractivity contribution in [2.24, 2.45) is 0 Å². The number of ether oxygens (including phenoxy) is 1. The van der Waals surface area contributed by atoms with Gasteiger partial charge in [-0.2, -0.15) is 9.36 Å². The first kappa shape index (κ1) is 13.6. The number of aromatic nitrogens is 2. The monoisotopic (exact) mass is 296 g/mol. The molecule has 1 aromatic carbocycles. The standard InChI is InChI=1S/C11H12N4O2S2/c1-17-8-6-4-3-5-7(8)12-9(16)13-10-14-11(18-2)15-19-10/h3-6H,1-2H3,(H2,12,13,14,15,16). The van der Waals surface area contributed by atoms with Gasteiger partial charge in [0, 0.05) is 11.5 Å². The molecule has 19 heavy (non-hydrogen) atoms. The van der Waals surface area contributed by atoms with Crippen molar-refractivity contribution in [1.82, 2.24) is 9.36 Å². The van der Waals surface area contributed by atoms with Gasteiger partial charge in [-0.05, 0) is 18.4 Å². The van der Waals surface area contributed by atoms with Crippen LogP contribution in [0.15, 0.2) is 29.4 Å². The molecule has 0 aliphatic rings. The summed E-state index contributed by atoms with van der Waals surface area (Å²) in [4.78, 5) is 15.9. The van der Waals surface area contributed by atoms with E-state index in [0.717, 1.165) is 11.5 Å². The van der Waals surface area contributed by atoms with Crippen molar-refractivity contribution in [3.8, 4) is 5.75 Å². The van der Waals surface area contributed by atoms with Crippen LogP contribution in [0.4, 0.5) is 15.6 Å². The van der Waals surface area contributed by atoms with Crippen LogP contribution in [0.3, 0.4) is 0 Å². The van der Waals surface area contributed by atoms with Gasteiger partial charge in [0.2, 0.25) is 10.3 Å². The minimum absolute atomic E-state index is 0.381. The van der Waals surface area contributed by atoms with Crippen molar-refractivity contribution >= 4 is 40.1 Å². The number of carbonyl (C=O) groups is 1. The number of rotatable bonds is 4. The van der Waals surface area contributed by atoms with Gasteiger partial charge in [-0.1, -0.05) is 23.9 Å². The van der Waals surface area contributed by atoms with Gasteiger partial charge < -0.3 is 10.1 Å². The van der Waals surface area contributed by atoms with Gasteiger partial charge in [0.1, 0.15) is 5.75 Å². The first-order valence-electron chi connectivity index (χ1n) is 5.31. The Bertz CT molecular complexity index is 573. The largest absolute Gasteiger partial charge is 0.495 e. The van der Waals surface area contributed by atoms with Crippen molar-refractivity contribution in [3.05, 3.63) is 24.3 Å². The number of methoxy groups -OCH3 is 1. The molecule has 8 heteroatoms. The van der Waals surface area contributed by atoms with Crippen LogP contribution in [0.25, 0.3) is 0 Å². The highest BCUT2D eigenvalue weighted by molar-refractivity contribution is 7.98. The number of hydrogen-bond donors (Lipinski definition) is 2. The van der Waals surface area contributed by atoms with E-state index in [1.165, 1.54) is 11.8 Å². The van der Waals surface area contributed by atoms with Crippen molar-refractivity contribution in [1.29, 1.82) is 0 Å². The fraction of sp³-hybridized carbons (Fsp3) is 0.182. The summed E-state index contributed by atoms with van der Waals surface area (Å²) >= 11 is 2.56. The number of hydrogen-bond acceptors (Lipinski definition) is 6. The SMILES string of the molecule is COc1ccccc1NC(=O)Nc1nc(SC)ns1. The molecule has 0 bridgehead atoms. The lowest BCUT2D eigenvalue weighted by Crippen LogP contribution is -2.19. The van der Waals surface area contributed by atoms with Crippen LogP contribution < -0.4 is 15.4 Å². The lowest BCUT2D eigenvalue weighted by Gasteiger charge is -2.09. The minimum atomic E-state index is -0.381. The molecule has 0 unspecified atom stereocenters. The zero-order valence-electron chi connectivity index (χ0n) is 10.3. The fourth-order valence-electron chi connectivity index (χ4n) is 1.34. The Kier molecular flexibility index (Phi) is 4.58. The third kappa shape index (κ3) is 3.58. The summed E-state index contributed by atoms with van der Waals surface area (Å²) in [5.74, 6) is 0.597. The van der Waals surface area contributed by atoms with E-state index in [1.807, 2.05) is 18.4 Å². The molecule has 0 saturated carbocycles. The third-order valence-corrected chi connectivity index (χ3v) is 3.46. The summed E-state index contributed by atoms with van der Waals surface area (Å²) in [5.41, 5.74) is 0.595. The molecule has 0 aliphatic carbocycles. The first-order chi connectivity index (χ1) is 9.22. The topological polar surface area (TPSA) is 76.1 Å². The first-order valence-corrected chi connectivity index (χ1v) is 7.31. The Morgan fingerprint density at radius 3 is 2.84 bits per heavy atom. The van der Waals surface area contributed by atoms with Gasteiger partial charge >= 0.3 is 6.03 Å². The van der Waals surface area contributed by atoms with Gasteiger partial charge in [0.15, 0.2) is 0 Å². The molecule has 0 radical (unpaired) electrons. The molecule has 0 saturated heterocycles. The van der Waals surface area contributed by atoms with Crippen molar-refractivity contribution < 1.29 is 9.53 Å². The van der Waals surface area contributed by atoms with E-state index in [0.29, 0.717) is 21.7 Å². The minimum Gasteiger partial charge on any atom is -0.495 e. The predicted octanol–water partition coefficient (Wildman–Crippen LogP) is 2.91. The number of para-hydroxylation sites is 2. The Morgan fingerprint density at radius 2 is 2.16 bits per heavy atom. The van der Waals surface area contributed by atoms with Gasteiger partial charge in [-0.15, -0.1) is 0 Å². The number of carbonyl (C=O) groups excluding carboxylic acids is 1. The number of amides is 2. The second-order valence-electron chi connectivity index (χ2n) is 3.37. The van der Waals surface area contributed by atoms with E-state index in [-0.39, 0.29) is 6.03 Å². The van der Waals surface area contributed by atoms with E-state index < -0.39 is 0 Å². The molecular formula is C11H12N4O2S2. The summed E-state index contributed by atoms with van der Waals surface area (Å²) < 4.78 is 9.20. The summed E-state index contributed by atoms with van der Waals surface area (Å²) in [5, 5.41) is 6.41. The molecule has 0 aliphatic heterocycles. The maximum Gasteiger partial charge on any atom is 0.325 e. The number of nitrogens with zero attached hydrogens (tertiary/aromatic N) is 2. The summed E-state index contributed by atoms with van der Waals surface area (Å²) in [6.45, 7) is 0. The average molecular weight is 296 g/mol. The van der Waals surface area contributed by atoms with Crippen LogP contribution in [0.5, 0.6) is 5.75 Å². The van der Waals surface area contributed by atoms with Gasteiger partial charge in [-0.3, -0.25) is 5.32 Å². The molecule has 2 rings (SSSR count). The number of thioether (sulfide) groups is 1. The van der Waals surface area contributed by atoms with E-state index in [2.05, 4.69) is 20.0 Å². The molecule has 0 atom stereocenters. The van der Waals surface area contributed by atoms with Crippen LogP contribution in [0.1, 0.15) is 0 Å². The third-order valence-electron chi connectivity index (χ3n) is 2.17. The maximum atomic E-state index is 11.8. The Morgan fingerprint density at radius 1 is 1.37 bits per heavy atom. The van der Waals surface area contributed by atoms with E-state index in [1.54, 1.807) is 19.2 Å². The van der Waals surface area contributed by atoms with E-state index >= 15 is 0 Å². The molecule has 1 aromatic heterocycles. The van der Waals surface area contributed by atoms with Crippen molar-refractivity contribution in [3.63, 3.8) is 0 Å². The molecule has 0 spiro atoms. The highest BCUT2D eigenvalue weighted by Crippen LogP contribution is 2.23. The second-order valence-corrected chi connectivity index (χ2v) is 4.89. The number of anilines is 2. The zero-order chi connectivity index (χ0) is 13.7. The number of nitrogens with one attached hydrogen (secondary N) is 2. The highest BCUT2D eigenvalue weighted by Gasteiger charge is 2.09. The molecule has 6 nitrogen and oxygen atoms in total. The summed E-state index contributed by atoms with van der Waals surface area (Å²) in [7, 11) is 1.55. The number of benzene rings is 1. The predicted molar refractivity (Wildman–Crippen MR) is 77.3 cm³/mol. The van der Waals surface area contributed by atoms with E-state index in [9.17, 15) is 4.79 Å². The zero-order valence-corrected chi connectivity index (χ0v) is 12.0. The molecule has 1 heterocycles. The molecular weight excluding hydrogens is 284 g/mol. The molecule has 100 valence electrons. The molecule has 2 amide bonds. The van der Waals surface area contributed by atoms with Gasteiger partial charge in [-0.25, -0.2) is 4.79 Å². The van der Waals surface area contributed by atoms with Gasteiger partial charge in [0.05, 0.1) is 12.8 Å². The van der Waals surface area contributed by atoms with Crippen LogP contribution in [0.2, 0.25) is 0 Å². The van der Waals surface area contributed by atoms with Gasteiger partial charge in [0.25, 0.3) is 0 Å².